The van der Waals surface area contributed by atoms with E-state index in [-0.39, 0.29) is 0 Å². The first-order valence-corrected chi connectivity index (χ1v) is 19.3. The minimum Gasteiger partial charge on any atom is -0.455 e. The van der Waals surface area contributed by atoms with Crippen LogP contribution < -0.4 is 0 Å². The zero-order valence-corrected chi connectivity index (χ0v) is 30.0. The molecule has 0 fully saturated rings. The maximum Gasteiger partial charge on any atom is 0.144 e. The Bertz CT molecular complexity index is 3450. The second-order valence-electron chi connectivity index (χ2n) is 14.4. The van der Waals surface area contributed by atoms with Crippen LogP contribution >= 0.6 is 11.3 Å². The van der Waals surface area contributed by atoms with Crippen LogP contribution in [0.5, 0.6) is 0 Å². The molecule has 0 aliphatic carbocycles. The van der Waals surface area contributed by atoms with E-state index in [9.17, 15) is 0 Å². The summed E-state index contributed by atoms with van der Waals surface area (Å²) in [6, 6.07) is 66.6. The third kappa shape index (κ3) is 4.26. The Labute approximate surface area is 314 Å². The minimum atomic E-state index is 0.946. The molecule has 10 aromatic carbocycles. The largest absolute Gasteiger partial charge is 0.455 e. The lowest BCUT2D eigenvalue weighted by molar-refractivity contribution is 0.674. The van der Waals surface area contributed by atoms with Gasteiger partial charge in [-0.1, -0.05) is 152 Å². The molecule has 0 radical (unpaired) electrons. The van der Waals surface area contributed by atoms with Gasteiger partial charge in [-0.3, -0.25) is 0 Å². The summed E-state index contributed by atoms with van der Waals surface area (Å²) in [6.45, 7) is 0. The fourth-order valence-corrected chi connectivity index (χ4v) is 10.2. The number of thiophene rings is 1. The second-order valence-corrected chi connectivity index (χ2v) is 15.4. The SMILES string of the molecule is c1cc(-c2ccc3ccccc3c2)cc(-c2c3ccccc3c(-c3c4oc5c6ccccc6ccc5c4cc4c3sc3ccccc34)c3ccccc23)c1. The van der Waals surface area contributed by atoms with Crippen LogP contribution in [0.3, 0.4) is 0 Å². The van der Waals surface area contributed by atoms with Crippen molar-refractivity contribution in [1.29, 1.82) is 0 Å². The lowest BCUT2D eigenvalue weighted by Gasteiger charge is -2.19. The van der Waals surface area contributed by atoms with Gasteiger partial charge in [0.2, 0.25) is 0 Å². The van der Waals surface area contributed by atoms with Gasteiger partial charge in [0.05, 0.1) is 0 Å². The molecule has 0 N–H and O–H groups in total. The fourth-order valence-electron chi connectivity index (χ4n) is 8.97. The molecule has 2 heterocycles. The number of hydrogen-bond acceptors (Lipinski definition) is 2. The third-order valence-corrected chi connectivity index (χ3v) is 12.6. The monoisotopic (exact) mass is 702 g/mol. The van der Waals surface area contributed by atoms with Crippen LogP contribution in [0.1, 0.15) is 0 Å². The van der Waals surface area contributed by atoms with Crippen molar-refractivity contribution in [2.75, 3.05) is 0 Å². The van der Waals surface area contributed by atoms with Gasteiger partial charge in [0.25, 0.3) is 0 Å². The molecule has 250 valence electrons. The van der Waals surface area contributed by atoms with Crippen LogP contribution in [0, 0.1) is 0 Å². The van der Waals surface area contributed by atoms with E-state index >= 15 is 0 Å². The average Bonchev–Trinajstić information content (AvgIpc) is 3.80. The summed E-state index contributed by atoms with van der Waals surface area (Å²) in [6.07, 6.45) is 0. The highest BCUT2D eigenvalue weighted by Gasteiger charge is 2.25. The van der Waals surface area contributed by atoms with Gasteiger partial charge in [0, 0.05) is 47.5 Å². The predicted octanol–water partition coefficient (Wildman–Crippen LogP) is 15.6. The van der Waals surface area contributed by atoms with E-state index in [1.165, 1.54) is 91.3 Å². The van der Waals surface area contributed by atoms with Crippen LogP contribution in [0.25, 0.3) is 119 Å². The van der Waals surface area contributed by atoms with E-state index in [4.69, 9.17) is 4.42 Å². The van der Waals surface area contributed by atoms with E-state index in [0.29, 0.717) is 0 Å². The van der Waals surface area contributed by atoms with E-state index in [1.807, 2.05) is 11.3 Å². The summed E-state index contributed by atoms with van der Waals surface area (Å²) in [5.41, 5.74) is 9.18. The summed E-state index contributed by atoms with van der Waals surface area (Å²) in [7, 11) is 0. The number of furan rings is 1. The zero-order chi connectivity index (χ0) is 35.3. The van der Waals surface area contributed by atoms with Gasteiger partial charge in [0.15, 0.2) is 0 Å². The van der Waals surface area contributed by atoms with E-state index < -0.39 is 0 Å². The lowest BCUT2D eigenvalue weighted by Crippen LogP contribution is -1.92. The maximum absolute atomic E-state index is 7.17. The van der Waals surface area contributed by atoms with Gasteiger partial charge >= 0.3 is 0 Å². The van der Waals surface area contributed by atoms with Gasteiger partial charge in [-0.15, -0.1) is 11.3 Å². The number of rotatable bonds is 3. The first-order chi connectivity index (χ1) is 26.8. The molecule has 0 bridgehead atoms. The Kier molecular flexibility index (Phi) is 6.28. The second kappa shape index (κ2) is 11.4. The molecule has 0 spiro atoms. The van der Waals surface area contributed by atoms with Crippen LogP contribution in [0.15, 0.2) is 186 Å². The molecular weight excluding hydrogens is 673 g/mol. The molecule has 1 nitrogen and oxygen atoms in total. The van der Waals surface area contributed by atoms with Gasteiger partial charge in [-0.2, -0.15) is 0 Å². The van der Waals surface area contributed by atoms with E-state index in [1.54, 1.807) is 0 Å². The standard InChI is InChI=1S/C52H30OS/c1-2-14-33-28-35(25-24-31(33)12-1)34-15-11-16-36(29-34)47-39-19-5-7-21-41(39)48(42-22-8-6-20-40(42)47)49-51-44(30-45-38-18-9-10-23-46(38)54-52(45)49)43-27-26-32-13-3-4-17-37(32)50(43)53-51/h1-30H. The number of hydrogen-bond donors (Lipinski definition) is 0. The molecule has 0 amide bonds. The van der Waals surface area contributed by atoms with Crippen LogP contribution in [0.4, 0.5) is 0 Å². The first-order valence-electron chi connectivity index (χ1n) is 18.5. The van der Waals surface area contributed by atoms with Gasteiger partial charge < -0.3 is 4.42 Å². The Morgan fingerprint density at radius 3 is 1.67 bits per heavy atom. The van der Waals surface area contributed by atoms with Crippen molar-refractivity contribution < 1.29 is 4.42 Å². The van der Waals surface area contributed by atoms with Crippen molar-refractivity contribution in [2.24, 2.45) is 0 Å². The normalized spacial score (nSPS) is 12.1. The molecule has 12 rings (SSSR count). The fraction of sp³-hybridized carbons (Fsp3) is 0. The van der Waals surface area contributed by atoms with Crippen molar-refractivity contribution in [3.63, 3.8) is 0 Å². The molecule has 0 saturated carbocycles. The van der Waals surface area contributed by atoms with Crippen molar-refractivity contribution in [2.45, 2.75) is 0 Å². The maximum atomic E-state index is 7.17. The average molecular weight is 703 g/mol. The smallest absolute Gasteiger partial charge is 0.144 e. The molecule has 0 saturated heterocycles. The molecule has 54 heavy (non-hydrogen) atoms. The third-order valence-electron chi connectivity index (χ3n) is 11.4. The molecule has 12 aromatic rings. The molecule has 2 aromatic heterocycles. The quantitative estimate of drug-likeness (QED) is 0.167. The number of fused-ring (bicyclic) bond motifs is 11. The highest BCUT2D eigenvalue weighted by atomic mass is 32.1. The van der Waals surface area contributed by atoms with Crippen LogP contribution in [-0.4, -0.2) is 0 Å². The van der Waals surface area contributed by atoms with Gasteiger partial charge in [0.1, 0.15) is 11.2 Å². The van der Waals surface area contributed by atoms with Gasteiger partial charge in [-0.05, 0) is 90.3 Å². The van der Waals surface area contributed by atoms with E-state index in [0.717, 1.165) is 27.3 Å². The highest BCUT2D eigenvalue weighted by Crippen LogP contribution is 2.52. The molecule has 0 aliphatic heterocycles. The van der Waals surface area contributed by atoms with Crippen molar-refractivity contribution in [3.05, 3.63) is 182 Å². The van der Waals surface area contributed by atoms with Crippen molar-refractivity contribution in [3.8, 4) is 33.4 Å². The lowest BCUT2D eigenvalue weighted by atomic mass is 9.84. The molecule has 0 unspecified atom stereocenters. The minimum absolute atomic E-state index is 0.946. The van der Waals surface area contributed by atoms with E-state index in [2.05, 4.69) is 182 Å². The summed E-state index contributed by atoms with van der Waals surface area (Å²) in [5.74, 6) is 0. The Morgan fingerprint density at radius 1 is 0.296 bits per heavy atom. The highest BCUT2D eigenvalue weighted by molar-refractivity contribution is 7.26. The van der Waals surface area contributed by atoms with Crippen molar-refractivity contribution >= 4 is 96.5 Å². The Balaban J connectivity index is 1.21. The molecule has 2 heteroatoms. The Hall–Kier alpha value is -6.74. The predicted molar refractivity (Wildman–Crippen MR) is 233 cm³/mol. The first kappa shape index (κ1) is 29.8. The van der Waals surface area contributed by atoms with Gasteiger partial charge in [-0.25, -0.2) is 0 Å². The van der Waals surface area contributed by atoms with Crippen LogP contribution in [-0.2, 0) is 0 Å². The van der Waals surface area contributed by atoms with Crippen molar-refractivity contribution in [1.82, 2.24) is 0 Å². The Morgan fingerprint density at radius 2 is 0.889 bits per heavy atom. The topological polar surface area (TPSA) is 13.1 Å². The molecular formula is C52H30OS. The summed E-state index contributed by atoms with van der Waals surface area (Å²) in [4.78, 5) is 0. The van der Waals surface area contributed by atoms with Crippen LogP contribution in [0.2, 0.25) is 0 Å². The summed E-state index contributed by atoms with van der Waals surface area (Å²) >= 11 is 1.87. The zero-order valence-electron chi connectivity index (χ0n) is 29.1. The molecule has 0 atom stereocenters. The molecule has 0 aliphatic rings. The summed E-state index contributed by atoms with van der Waals surface area (Å²) in [5, 5.41) is 14.6. The number of benzene rings is 10. The summed E-state index contributed by atoms with van der Waals surface area (Å²) < 4.78 is 9.71.